The van der Waals surface area contributed by atoms with Crippen molar-refractivity contribution in [2.24, 2.45) is 0 Å². The van der Waals surface area contributed by atoms with E-state index in [2.05, 4.69) is 5.32 Å². The topological polar surface area (TPSA) is 88.1 Å². The third-order valence-electron chi connectivity index (χ3n) is 7.40. The van der Waals surface area contributed by atoms with Crippen molar-refractivity contribution < 1.29 is 50.5 Å². The van der Waals surface area contributed by atoms with Crippen LogP contribution < -0.4 is 14.8 Å². The predicted octanol–water partition coefficient (Wildman–Crippen LogP) is 7.40. The molecule has 248 valence electrons. The van der Waals surface area contributed by atoms with Gasteiger partial charge in [-0.3, -0.25) is 9.69 Å². The van der Waals surface area contributed by atoms with Crippen molar-refractivity contribution in [2.45, 2.75) is 89.9 Å². The maximum absolute atomic E-state index is 13.6. The van der Waals surface area contributed by atoms with Crippen molar-refractivity contribution in [1.82, 2.24) is 10.2 Å². The van der Waals surface area contributed by atoms with Gasteiger partial charge in [0.2, 0.25) is 0 Å². The highest BCUT2D eigenvalue weighted by atomic mass is 19.4. The van der Waals surface area contributed by atoms with Crippen LogP contribution in [0.1, 0.15) is 76.1 Å². The molecular formula is C32H38F6N2O5. The molecule has 0 saturated carbocycles. The predicted molar refractivity (Wildman–Crippen MR) is 156 cm³/mol. The number of ether oxygens (including phenoxy) is 2. The Morgan fingerprint density at radius 1 is 1.02 bits per heavy atom. The van der Waals surface area contributed by atoms with Gasteiger partial charge >= 0.3 is 18.4 Å². The number of amides is 3. The molecular weight excluding hydrogens is 606 g/mol. The van der Waals surface area contributed by atoms with Gasteiger partial charge in [0.1, 0.15) is 17.0 Å². The van der Waals surface area contributed by atoms with Crippen molar-refractivity contribution >= 4 is 18.0 Å². The first-order chi connectivity index (χ1) is 20.9. The second kappa shape index (κ2) is 13.7. The highest BCUT2D eigenvalue weighted by Crippen LogP contribution is 2.51. The van der Waals surface area contributed by atoms with Crippen LogP contribution in [-0.2, 0) is 22.4 Å². The van der Waals surface area contributed by atoms with Gasteiger partial charge < -0.3 is 19.9 Å². The normalized spacial score (nSPS) is 17.8. The molecule has 1 atom stereocenters. The number of hydrogen-bond acceptors (Lipinski definition) is 5. The van der Waals surface area contributed by atoms with Crippen LogP contribution in [0.5, 0.6) is 11.5 Å². The minimum Gasteiger partial charge on any atom is -0.493 e. The average molecular weight is 645 g/mol. The fourth-order valence-corrected chi connectivity index (χ4v) is 5.13. The van der Waals surface area contributed by atoms with Crippen molar-refractivity contribution in [3.8, 4) is 11.5 Å². The number of unbranched alkanes of at least 4 members (excludes halogenated alkanes) is 1. The molecule has 13 heteroatoms. The van der Waals surface area contributed by atoms with E-state index in [0.717, 1.165) is 4.90 Å². The Balaban J connectivity index is 1.73. The monoisotopic (exact) mass is 644 g/mol. The molecule has 1 fully saturated rings. The van der Waals surface area contributed by atoms with Gasteiger partial charge in [-0.2, -0.15) is 26.3 Å². The minimum absolute atomic E-state index is 0.00164. The van der Waals surface area contributed by atoms with Crippen molar-refractivity contribution in [2.75, 3.05) is 13.2 Å². The zero-order chi connectivity index (χ0) is 33.8. The van der Waals surface area contributed by atoms with Crippen LogP contribution in [0.3, 0.4) is 0 Å². The van der Waals surface area contributed by atoms with E-state index in [1.807, 2.05) is 13.8 Å². The lowest BCUT2D eigenvalue weighted by Gasteiger charge is -2.33. The number of alkyl halides is 6. The number of carbonyl (C=O) groups is 2. The number of hydrogen-bond donors (Lipinski definition) is 2. The minimum atomic E-state index is -6.02. The Kier molecular flexibility index (Phi) is 10.9. The van der Waals surface area contributed by atoms with Crippen LogP contribution in [-0.4, -0.2) is 53.6 Å². The van der Waals surface area contributed by atoms with Crippen LogP contribution in [0.4, 0.5) is 31.1 Å². The Bertz CT molecular complexity index is 1370. The number of rotatable bonds is 13. The molecule has 1 aliphatic heterocycles. The third-order valence-corrected chi connectivity index (χ3v) is 7.40. The smallest absolute Gasteiger partial charge is 0.430 e. The van der Waals surface area contributed by atoms with Crippen molar-refractivity contribution in [3.63, 3.8) is 0 Å². The van der Waals surface area contributed by atoms with Gasteiger partial charge in [-0.15, -0.1) is 0 Å². The molecule has 3 amide bonds. The Morgan fingerprint density at radius 2 is 1.64 bits per heavy atom. The van der Waals surface area contributed by atoms with Crippen LogP contribution in [0.2, 0.25) is 0 Å². The molecule has 2 aromatic rings. The third kappa shape index (κ3) is 7.40. The number of nitrogens with one attached hydrogen (secondary N) is 1. The van der Waals surface area contributed by atoms with E-state index >= 15 is 0 Å². The van der Waals surface area contributed by atoms with Gasteiger partial charge in [0, 0.05) is 17.7 Å². The first-order valence-electron chi connectivity index (χ1n) is 14.6. The lowest BCUT2D eigenvalue weighted by Crippen LogP contribution is -2.54. The van der Waals surface area contributed by atoms with E-state index in [1.165, 1.54) is 19.1 Å². The Labute approximate surface area is 258 Å². The van der Waals surface area contributed by atoms with Crippen molar-refractivity contribution in [1.29, 1.82) is 0 Å². The molecule has 0 aromatic heterocycles. The number of benzene rings is 2. The van der Waals surface area contributed by atoms with E-state index < -0.39 is 41.0 Å². The first-order valence-corrected chi connectivity index (χ1v) is 14.6. The number of urea groups is 1. The molecule has 1 aliphatic rings. The molecule has 45 heavy (non-hydrogen) atoms. The van der Waals surface area contributed by atoms with Crippen molar-refractivity contribution in [3.05, 3.63) is 64.7 Å². The lowest BCUT2D eigenvalue weighted by atomic mass is 9.88. The first kappa shape index (κ1) is 35.7. The summed E-state index contributed by atoms with van der Waals surface area (Å²) in [5, 5.41) is 12.7. The molecule has 1 unspecified atom stereocenters. The van der Waals surface area contributed by atoms with Crippen LogP contribution >= 0.6 is 0 Å². The van der Waals surface area contributed by atoms with E-state index in [0.29, 0.717) is 42.7 Å². The highest BCUT2D eigenvalue weighted by molar-refractivity contribution is 6.07. The number of imide groups is 1. The van der Waals surface area contributed by atoms with Gasteiger partial charge in [0.15, 0.2) is 0 Å². The van der Waals surface area contributed by atoms with Crippen LogP contribution in [0.15, 0.2) is 42.5 Å². The number of halogens is 6. The maximum Gasteiger partial charge on any atom is 0.430 e. The molecule has 0 bridgehead atoms. The summed E-state index contributed by atoms with van der Waals surface area (Å²) in [6.07, 6.45) is -8.24. The summed E-state index contributed by atoms with van der Waals surface area (Å²) in [7, 11) is 0. The number of allylic oxidation sites excluding steroid dienone is 1. The summed E-state index contributed by atoms with van der Waals surface area (Å²) in [6.45, 7) is 8.67. The lowest BCUT2D eigenvalue weighted by molar-refractivity contribution is -0.376. The SMILES string of the molecule is C/C=C\c1cc(C(O)(C(F)(F)F)C(F)(F)F)cc(CCC)c1OCCCCN1C(=O)NC(C)(c2ccc(OC(C)C)cc2)C1=O. The molecule has 0 spiro atoms. The fourth-order valence-electron chi connectivity index (χ4n) is 5.13. The number of carbonyl (C=O) groups excluding carboxylic acids is 2. The summed E-state index contributed by atoms with van der Waals surface area (Å²) in [6, 6.07) is 7.59. The maximum atomic E-state index is 13.6. The fraction of sp³-hybridized carbons (Fsp3) is 0.500. The van der Waals surface area contributed by atoms with E-state index in [-0.39, 0.29) is 42.6 Å². The summed E-state index contributed by atoms with van der Waals surface area (Å²) < 4.78 is 93.2. The molecule has 2 N–H and O–H groups in total. The summed E-state index contributed by atoms with van der Waals surface area (Å²) in [4.78, 5) is 27.1. The molecule has 1 heterocycles. The molecule has 0 aliphatic carbocycles. The summed E-state index contributed by atoms with van der Waals surface area (Å²) in [5.41, 5.74) is -7.11. The second-order valence-corrected chi connectivity index (χ2v) is 11.3. The van der Waals surface area contributed by atoms with E-state index in [1.54, 1.807) is 38.1 Å². The van der Waals surface area contributed by atoms with Gasteiger partial charge in [-0.1, -0.05) is 37.6 Å². The molecule has 1 saturated heterocycles. The zero-order valence-electron chi connectivity index (χ0n) is 25.7. The summed E-state index contributed by atoms with van der Waals surface area (Å²) in [5.74, 6) is 0.276. The molecule has 7 nitrogen and oxygen atoms in total. The molecule has 3 rings (SSSR count). The van der Waals surface area contributed by atoms with Crippen LogP contribution in [0, 0.1) is 0 Å². The van der Waals surface area contributed by atoms with Gasteiger partial charge in [-0.25, -0.2) is 4.79 Å². The molecule has 2 aromatic carbocycles. The van der Waals surface area contributed by atoms with Crippen LogP contribution in [0.25, 0.3) is 6.08 Å². The largest absolute Gasteiger partial charge is 0.493 e. The van der Waals surface area contributed by atoms with Gasteiger partial charge in [-0.05, 0) is 82.3 Å². The van der Waals surface area contributed by atoms with E-state index in [9.17, 15) is 41.0 Å². The average Bonchev–Trinajstić information content (AvgIpc) is 3.15. The highest BCUT2D eigenvalue weighted by Gasteiger charge is 2.71. The number of aliphatic hydroxyl groups is 1. The summed E-state index contributed by atoms with van der Waals surface area (Å²) >= 11 is 0. The van der Waals surface area contributed by atoms with Gasteiger partial charge in [0.25, 0.3) is 11.5 Å². The number of aryl methyl sites for hydroxylation is 1. The van der Waals surface area contributed by atoms with E-state index in [4.69, 9.17) is 9.47 Å². The standard InChI is InChI=1S/C32H38F6N2O5/c1-6-10-21-18-24(30(43,31(33,34)35)32(36,37)38)19-22(11-7-2)26(21)44-17-9-8-16-40-27(41)29(5,39-28(40)42)23-12-14-25(15-13-23)45-20(3)4/h6,10,12-15,18-20,43H,7-9,11,16-17H2,1-5H3,(H,39,42)/b10-6-. The second-order valence-electron chi connectivity index (χ2n) is 11.3. The molecule has 0 radical (unpaired) electrons. The Morgan fingerprint density at radius 3 is 2.18 bits per heavy atom. The zero-order valence-corrected chi connectivity index (χ0v) is 25.7. The quantitative estimate of drug-likeness (QED) is 0.135. The van der Waals surface area contributed by atoms with Gasteiger partial charge in [0.05, 0.1) is 12.7 Å². The number of nitrogens with zero attached hydrogens (tertiary/aromatic N) is 1. The Hall–Kier alpha value is -3.74.